The Morgan fingerprint density at radius 1 is 0.769 bits per heavy atom. The summed E-state index contributed by atoms with van der Waals surface area (Å²) in [4.78, 5) is 12.5. The minimum Gasteiger partial charge on any atom is -0.322 e. The van der Waals surface area contributed by atoms with Crippen LogP contribution < -0.4 is 5.32 Å². The smallest absolute Gasteiger partial charge is 0.251 e. The number of rotatable bonds is 5. The van der Waals surface area contributed by atoms with Crippen molar-refractivity contribution in [1.29, 1.82) is 0 Å². The number of allylic oxidation sites excluding steroid dienone is 2. The van der Waals surface area contributed by atoms with Gasteiger partial charge in [-0.1, -0.05) is 78.9 Å². The van der Waals surface area contributed by atoms with Crippen LogP contribution in [0.3, 0.4) is 0 Å². The van der Waals surface area contributed by atoms with Crippen molar-refractivity contribution < 1.29 is 4.79 Å². The summed E-state index contributed by atoms with van der Waals surface area (Å²) in [5.74, 6) is -0.105. The Morgan fingerprint density at radius 3 is 1.92 bits per heavy atom. The van der Waals surface area contributed by atoms with Crippen molar-refractivity contribution in [3.63, 3.8) is 0 Å². The molecule has 0 atom stereocenters. The summed E-state index contributed by atoms with van der Waals surface area (Å²) in [6.07, 6.45) is 4.02. The highest BCUT2D eigenvalue weighted by atomic mass is 16.1. The van der Waals surface area contributed by atoms with Gasteiger partial charge in [0, 0.05) is 11.3 Å². The number of hydrogen-bond acceptors (Lipinski definition) is 1. The third-order valence-corrected chi connectivity index (χ3v) is 3.99. The molecule has 0 bridgehead atoms. The summed E-state index contributed by atoms with van der Waals surface area (Å²) in [5.41, 5.74) is 4.61. The Hall–Kier alpha value is -3.39. The lowest BCUT2D eigenvalue weighted by atomic mass is 10.0. The number of benzene rings is 3. The molecule has 1 N–H and O–H groups in total. The van der Waals surface area contributed by atoms with E-state index in [-0.39, 0.29) is 5.91 Å². The molecule has 0 aliphatic heterocycles. The molecule has 3 aromatic rings. The molecule has 0 fully saturated rings. The molecule has 2 nitrogen and oxygen atoms in total. The summed E-state index contributed by atoms with van der Waals surface area (Å²) in [5, 5.41) is 2.93. The van der Waals surface area contributed by atoms with E-state index in [1.165, 1.54) is 0 Å². The van der Waals surface area contributed by atoms with E-state index in [0.717, 1.165) is 22.4 Å². The van der Waals surface area contributed by atoms with Crippen LogP contribution in [0.2, 0.25) is 0 Å². The molecule has 0 spiro atoms. The van der Waals surface area contributed by atoms with Crippen molar-refractivity contribution in [3.8, 4) is 0 Å². The quantitative estimate of drug-likeness (QED) is 0.354. The van der Waals surface area contributed by atoms with Crippen molar-refractivity contribution >= 4 is 23.2 Å². The van der Waals surface area contributed by atoms with Gasteiger partial charge in [-0.25, -0.2) is 0 Å². The fourth-order valence-corrected chi connectivity index (χ4v) is 2.62. The Morgan fingerprint density at radius 2 is 1.31 bits per heavy atom. The average Bonchev–Trinajstić information content (AvgIpc) is 2.69. The Labute approximate surface area is 154 Å². The summed E-state index contributed by atoms with van der Waals surface area (Å²) in [7, 11) is 0. The van der Waals surface area contributed by atoms with Crippen LogP contribution in [0.1, 0.15) is 18.1 Å². The minimum atomic E-state index is -0.105. The monoisotopic (exact) mass is 339 g/mol. The molecular weight excluding hydrogens is 318 g/mol. The molecule has 0 saturated carbocycles. The molecular formula is C24H21NO. The number of nitrogens with one attached hydrogen (secondary N) is 1. The number of amides is 1. The van der Waals surface area contributed by atoms with Crippen molar-refractivity contribution in [1.82, 2.24) is 0 Å². The molecule has 0 heterocycles. The third kappa shape index (κ3) is 4.81. The number of hydrogen-bond donors (Lipinski definition) is 1. The molecule has 128 valence electrons. The van der Waals surface area contributed by atoms with E-state index < -0.39 is 0 Å². The third-order valence-electron chi connectivity index (χ3n) is 3.99. The summed E-state index contributed by atoms with van der Waals surface area (Å²) in [6, 6.07) is 29.7. The second kappa shape index (κ2) is 8.63. The highest BCUT2D eigenvalue weighted by molar-refractivity contribution is 6.05. The standard InChI is InChI=1S/C24H21NO/c1-19(24(26)25-23-15-9-4-10-16-23)17-22(21-13-7-3-8-14-21)18-20-11-5-2-6-12-20/h2-18H,1H3,(H,25,26)/b19-17+,22-18-. The van der Waals surface area contributed by atoms with Gasteiger partial charge in [-0.3, -0.25) is 4.79 Å². The van der Waals surface area contributed by atoms with E-state index in [0.29, 0.717) is 5.57 Å². The molecule has 1 amide bonds. The lowest BCUT2D eigenvalue weighted by Gasteiger charge is -2.08. The van der Waals surface area contributed by atoms with Crippen LogP contribution in [0.4, 0.5) is 5.69 Å². The van der Waals surface area contributed by atoms with Gasteiger partial charge < -0.3 is 5.32 Å². The lowest BCUT2D eigenvalue weighted by Crippen LogP contribution is -2.12. The first-order valence-electron chi connectivity index (χ1n) is 8.59. The van der Waals surface area contributed by atoms with Gasteiger partial charge in [-0.05, 0) is 47.9 Å². The topological polar surface area (TPSA) is 29.1 Å². The second-order valence-electron chi connectivity index (χ2n) is 6.02. The van der Waals surface area contributed by atoms with Crippen LogP contribution in [-0.2, 0) is 4.79 Å². The molecule has 0 unspecified atom stereocenters. The van der Waals surface area contributed by atoms with Crippen LogP contribution in [0.5, 0.6) is 0 Å². The number of anilines is 1. The highest BCUT2D eigenvalue weighted by Crippen LogP contribution is 2.21. The first kappa shape index (κ1) is 17.4. The molecule has 2 heteroatoms. The van der Waals surface area contributed by atoms with Crippen molar-refractivity contribution in [2.45, 2.75) is 6.92 Å². The van der Waals surface area contributed by atoms with Gasteiger partial charge in [-0.2, -0.15) is 0 Å². The molecule has 0 aliphatic carbocycles. The van der Waals surface area contributed by atoms with Crippen LogP contribution in [0, 0.1) is 0 Å². The predicted molar refractivity (Wildman–Crippen MR) is 110 cm³/mol. The van der Waals surface area contributed by atoms with E-state index in [9.17, 15) is 4.79 Å². The van der Waals surface area contributed by atoms with Gasteiger partial charge >= 0.3 is 0 Å². The Bertz CT molecular complexity index is 910. The summed E-state index contributed by atoms with van der Waals surface area (Å²) < 4.78 is 0. The predicted octanol–water partition coefficient (Wildman–Crippen LogP) is 5.81. The van der Waals surface area contributed by atoms with Gasteiger partial charge in [-0.15, -0.1) is 0 Å². The largest absolute Gasteiger partial charge is 0.322 e. The fraction of sp³-hybridized carbons (Fsp3) is 0.0417. The maximum Gasteiger partial charge on any atom is 0.251 e. The molecule has 0 aromatic heterocycles. The zero-order valence-corrected chi connectivity index (χ0v) is 14.7. The SMILES string of the molecule is C/C(=C\C(=C\c1ccccc1)c1ccccc1)C(=O)Nc1ccccc1. The van der Waals surface area contributed by atoms with E-state index in [1.54, 1.807) is 0 Å². The zero-order valence-electron chi connectivity index (χ0n) is 14.7. The molecule has 26 heavy (non-hydrogen) atoms. The Balaban J connectivity index is 1.90. The van der Waals surface area contributed by atoms with E-state index in [2.05, 4.69) is 23.5 Å². The molecule has 0 radical (unpaired) electrons. The summed E-state index contributed by atoms with van der Waals surface area (Å²) >= 11 is 0. The first-order valence-corrected chi connectivity index (χ1v) is 8.59. The van der Waals surface area contributed by atoms with E-state index in [1.807, 2.05) is 91.9 Å². The van der Waals surface area contributed by atoms with Gasteiger partial charge in [0.2, 0.25) is 0 Å². The van der Waals surface area contributed by atoms with Crippen LogP contribution >= 0.6 is 0 Å². The average molecular weight is 339 g/mol. The van der Waals surface area contributed by atoms with Gasteiger partial charge in [0.15, 0.2) is 0 Å². The maximum atomic E-state index is 12.5. The van der Waals surface area contributed by atoms with Gasteiger partial charge in [0.1, 0.15) is 0 Å². The first-order chi connectivity index (χ1) is 12.7. The molecule has 3 aromatic carbocycles. The molecule has 0 aliphatic rings. The molecule has 3 rings (SSSR count). The summed E-state index contributed by atoms with van der Waals surface area (Å²) in [6.45, 7) is 1.83. The number of carbonyl (C=O) groups excluding carboxylic acids is 1. The van der Waals surface area contributed by atoms with Crippen molar-refractivity contribution in [2.24, 2.45) is 0 Å². The van der Waals surface area contributed by atoms with Crippen LogP contribution in [0.25, 0.3) is 11.6 Å². The highest BCUT2D eigenvalue weighted by Gasteiger charge is 2.07. The Kier molecular flexibility index (Phi) is 5.79. The minimum absolute atomic E-state index is 0.105. The van der Waals surface area contributed by atoms with Crippen LogP contribution in [-0.4, -0.2) is 5.91 Å². The zero-order chi connectivity index (χ0) is 18.2. The fourth-order valence-electron chi connectivity index (χ4n) is 2.62. The molecule has 0 saturated heterocycles. The van der Waals surface area contributed by atoms with E-state index >= 15 is 0 Å². The van der Waals surface area contributed by atoms with Gasteiger partial charge in [0.05, 0.1) is 0 Å². The number of para-hydroxylation sites is 1. The van der Waals surface area contributed by atoms with Gasteiger partial charge in [0.25, 0.3) is 5.91 Å². The van der Waals surface area contributed by atoms with Crippen molar-refractivity contribution in [2.75, 3.05) is 5.32 Å². The van der Waals surface area contributed by atoms with Crippen LogP contribution in [0.15, 0.2) is 103 Å². The van der Waals surface area contributed by atoms with Crippen molar-refractivity contribution in [3.05, 3.63) is 114 Å². The lowest BCUT2D eigenvalue weighted by molar-refractivity contribution is -0.112. The number of carbonyl (C=O) groups is 1. The van der Waals surface area contributed by atoms with E-state index in [4.69, 9.17) is 0 Å². The normalized spacial score (nSPS) is 11.9. The second-order valence-corrected chi connectivity index (χ2v) is 6.02. The maximum absolute atomic E-state index is 12.5.